The van der Waals surface area contributed by atoms with Crippen LogP contribution in [-0.4, -0.2) is 50.8 Å². The maximum absolute atomic E-state index is 13.1. The highest BCUT2D eigenvalue weighted by molar-refractivity contribution is 5.95. The Bertz CT molecular complexity index is 658. The van der Waals surface area contributed by atoms with Crippen molar-refractivity contribution >= 4 is 5.91 Å². The van der Waals surface area contributed by atoms with E-state index in [-0.39, 0.29) is 16.7 Å². The summed E-state index contributed by atoms with van der Waals surface area (Å²) in [6, 6.07) is 5.68. The van der Waals surface area contributed by atoms with Gasteiger partial charge in [-0.25, -0.2) is 0 Å². The fourth-order valence-electron chi connectivity index (χ4n) is 5.00. The van der Waals surface area contributed by atoms with Gasteiger partial charge in [0.25, 0.3) is 5.91 Å². The highest BCUT2D eigenvalue weighted by Gasteiger charge is 2.63. The molecule has 1 aromatic rings. The largest absolute Gasteiger partial charge is 0.492 e. The van der Waals surface area contributed by atoms with E-state index in [1.165, 1.54) is 0 Å². The summed E-state index contributed by atoms with van der Waals surface area (Å²) in [5, 5.41) is 0. The second-order valence-corrected chi connectivity index (χ2v) is 8.32. The predicted octanol–water partition coefficient (Wildman–Crippen LogP) is 2.47. The number of amides is 1. The van der Waals surface area contributed by atoms with Crippen LogP contribution in [0.25, 0.3) is 0 Å². The van der Waals surface area contributed by atoms with Gasteiger partial charge >= 0.3 is 0 Å². The molecule has 2 aliphatic rings. The van der Waals surface area contributed by atoms with Gasteiger partial charge in [0.05, 0.1) is 6.61 Å². The van der Waals surface area contributed by atoms with Gasteiger partial charge in [-0.1, -0.05) is 19.9 Å². The lowest BCUT2D eigenvalue weighted by atomic mass is 9.48. The third-order valence-electron chi connectivity index (χ3n) is 5.93. The number of benzene rings is 1. The first-order valence-corrected chi connectivity index (χ1v) is 9.05. The Hall–Kier alpha value is -1.59. The molecular weight excluding hydrogens is 316 g/mol. The molecule has 1 heterocycles. The Kier molecular flexibility index (Phi) is 4.82. The molecule has 1 aliphatic carbocycles. The number of hydrogen-bond donors (Lipinski definition) is 1. The van der Waals surface area contributed by atoms with Crippen molar-refractivity contribution in [3.63, 3.8) is 0 Å². The van der Waals surface area contributed by atoms with E-state index in [0.717, 1.165) is 37.4 Å². The number of methoxy groups -OCH3 is 1. The minimum Gasteiger partial charge on any atom is -0.492 e. The van der Waals surface area contributed by atoms with Crippen molar-refractivity contribution in [2.75, 3.05) is 40.0 Å². The molecular formula is C20H30N2O3. The molecule has 1 amide bonds. The van der Waals surface area contributed by atoms with Crippen molar-refractivity contribution in [1.29, 1.82) is 0 Å². The lowest BCUT2D eigenvalue weighted by Crippen LogP contribution is -2.55. The highest BCUT2D eigenvalue weighted by atomic mass is 16.5. The number of rotatable bonds is 6. The van der Waals surface area contributed by atoms with Crippen molar-refractivity contribution in [1.82, 2.24) is 4.90 Å². The van der Waals surface area contributed by atoms with Gasteiger partial charge in [-0.2, -0.15) is 0 Å². The molecule has 5 nitrogen and oxygen atoms in total. The SMILES string of the molecule is COC[C@@]12CN(C(=O)c3ccc(C)c(OCCN)c3)C[C@@H]1C(C)(C)C2. The van der Waals surface area contributed by atoms with Gasteiger partial charge < -0.3 is 20.1 Å². The molecule has 1 saturated carbocycles. The normalized spacial score (nSPS) is 26.9. The quantitative estimate of drug-likeness (QED) is 0.859. The number of carbonyl (C=O) groups is 1. The zero-order valence-corrected chi connectivity index (χ0v) is 15.8. The van der Waals surface area contributed by atoms with Crippen LogP contribution in [0.4, 0.5) is 0 Å². The standard InChI is InChI=1S/C20H30N2O3/c1-14-5-6-15(9-16(14)25-8-7-21)18(23)22-10-17-19(2,3)11-20(17,12-22)13-24-4/h5-6,9,17H,7-8,10-13,21H2,1-4H3/t17-,20-/m1/s1. The number of likely N-dealkylation sites (tertiary alicyclic amines) is 1. The molecule has 138 valence electrons. The number of nitrogens with zero attached hydrogens (tertiary/aromatic N) is 1. The molecule has 1 saturated heterocycles. The first-order valence-electron chi connectivity index (χ1n) is 9.05. The summed E-state index contributed by atoms with van der Waals surface area (Å²) < 4.78 is 11.2. The first kappa shape index (κ1) is 18.2. The number of hydrogen-bond acceptors (Lipinski definition) is 4. The average Bonchev–Trinajstić information content (AvgIpc) is 2.88. The summed E-state index contributed by atoms with van der Waals surface area (Å²) in [5.74, 6) is 1.32. The number of ether oxygens (including phenoxy) is 2. The molecule has 1 aromatic carbocycles. The fourth-order valence-corrected chi connectivity index (χ4v) is 5.00. The monoisotopic (exact) mass is 346 g/mol. The molecule has 5 heteroatoms. The summed E-state index contributed by atoms with van der Waals surface area (Å²) in [6.45, 7) is 9.79. The number of fused-ring (bicyclic) bond motifs is 1. The van der Waals surface area contributed by atoms with Gasteiger partial charge in [0.2, 0.25) is 0 Å². The van der Waals surface area contributed by atoms with Gasteiger partial charge in [-0.15, -0.1) is 0 Å². The van der Waals surface area contributed by atoms with Crippen LogP contribution in [-0.2, 0) is 4.74 Å². The van der Waals surface area contributed by atoms with Crippen molar-refractivity contribution < 1.29 is 14.3 Å². The predicted molar refractivity (Wildman–Crippen MR) is 97.8 cm³/mol. The van der Waals surface area contributed by atoms with E-state index in [9.17, 15) is 4.79 Å². The molecule has 0 aromatic heterocycles. The molecule has 3 rings (SSSR count). The minimum absolute atomic E-state index is 0.0817. The average molecular weight is 346 g/mol. The van der Waals surface area contributed by atoms with Crippen LogP contribution < -0.4 is 10.5 Å². The van der Waals surface area contributed by atoms with E-state index < -0.39 is 0 Å². The molecule has 2 atom stereocenters. The van der Waals surface area contributed by atoms with Crippen LogP contribution in [0.2, 0.25) is 0 Å². The molecule has 0 bridgehead atoms. The Morgan fingerprint density at radius 1 is 1.40 bits per heavy atom. The number of aryl methyl sites for hydroxylation is 1. The van der Waals surface area contributed by atoms with E-state index in [1.54, 1.807) is 7.11 Å². The Labute approximate surface area is 150 Å². The van der Waals surface area contributed by atoms with Crippen molar-refractivity contribution in [2.24, 2.45) is 22.5 Å². The van der Waals surface area contributed by atoms with Gasteiger partial charge in [0, 0.05) is 37.7 Å². The zero-order chi connectivity index (χ0) is 18.2. The zero-order valence-electron chi connectivity index (χ0n) is 15.8. The van der Waals surface area contributed by atoms with Crippen molar-refractivity contribution in [2.45, 2.75) is 27.2 Å². The lowest BCUT2D eigenvalue weighted by molar-refractivity contribution is -0.107. The van der Waals surface area contributed by atoms with Crippen LogP contribution in [0.3, 0.4) is 0 Å². The number of nitrogens with two attached hydrogens (primary N) is 1. The van der Waals surface area contributed by atoms with Crippen molar-refractivity contribution in [3.05, 3.63) is 29.3 Å². The molecule has 2 fully saturated rings. The van der Waals surface area contributed by atoms with E-state index in [0.29, 0.717) is 24.6 Å². The second-order valence-electron chi connectivity index (χ2n) is 8.32. The molecule has 0 radical (unpaired) electrons. The van der Waals surface area contributed by atoms with Gasteiger partial charge in [0.1, 0.15) is 12.4 Å². The summed E-state index contributed by atoms with van der Waals surface area (Å²) in [4.78, 5) is 15.1. The molecule has 0 spiro atoms. The first-order chi connectivity index (χ1) is 11.8. The second kappa shape index (κ2) is 6.61. The molecule has 25 heavy (non-hydrogen) atoms. The summed E-state index contributed by atoms with van der Waals surface area (Å²) >= 11 is 0. The summed E-state index contributed by atoms with van der Waals surface area (Å²) in [5.41, 5.74) is 7.62. The lowest BCUT2D eigenvalue weighted by Gasteiger charge is -2.56. The third-order valence-corrected chi connectivity index (χ3v) is 5.93. The van der Waals surface area contributed by atoms with Crippen LogP contribution in [0, 0.1) is 23.7 Å². The summed E-state index contributed by atoms with van der Waals surface area (Å²) in [6.07, 6.45) is 1.11. The smallest absolute Gasteiger partial charge is 0.254 e. The van der Waals surface area contributed by atoms with Crippen molar-refractivity contribution in [3.8, 4) is 5.75 Å². The van der Waals surface area contributed by atoms with Crippen LogP contribution in [0.1, 0.15) is 36.2 Å². The van der Waals surface area contributed by atoms with Crippen LogP contribution in [0.5, 0.6) is 5.75 Å². The number of carbonyl (C=O) groups excluding carboxylic acids is 1. The highest BCUT2D eigenvalue weighted by Crippen LogP contribution is 2.62. The molecule has 0 unspecified atom stereocenters. The van der Waals surface area contributed by atoms with Gasteiger partial charge in [0.15, 0.2) is 0 Å². The Morgan fingerprint density at radius 2 is 2.16 bits per heavy atom. The maximum atomic E-state index is 13.1. The van der Waals surface area contributed by atoms with E-state index in [2.05, 4.69) is 13.8 Å². The summed E-state index contributed by atoms with van der Waals surface area (Å²) in [7, 11) is 1.75. The fraction of sp³-hybridized carbons (Fsp3) is 0.650. The van der Waals surface area contributed by atoms with E-state index in [1.807, 2.05) is 30.0 Å². The minimum atomic E-state index is 0.0817. The van der Waals surface area contributed by atoms with E-state index in [4.69, 9.17) is 15.2 Å². The maximum Gasteiger partial charge on any atom is 0.254 e. The molecule has 1 aliphatic heterocycles. The van der Waals surface area contributed by atoms with E-state index >= 15 is 0 Å². The Morgan fingerprint density at radius 3 is 2.80 bits per heavy atom. The topological polar surface area (TPSA) is 64.8 Å². The molecule has 2 N–H and O–H groups in total. The van der Waals surface area contributed by atoms with Gasteiger partial charge in [-0.05, 0) is 42.4 Å². The third kappa shape index (κ3) is 3.15. The Balaban J connectivity index is 1.78. The van der Waals surface area contributed by atoms with Crippen LogP contribution >= 0.6 is 0 Å². The van der Waals surface area contributed by atoms with Crippen LogP contribution in [0.15, 0.2) is 18.2 Å². The van der Waals surface area contributed by atoms with Gasteiger partial charge in [-0.3, -0.25) is 4.79 Å².